The topological polar surface area (TPSA) is 131 Å². The van der Waals surface area contributed by atoms with E-state index in [1.54, 1.807) is 0 Å². The Labute approximate surface area is 98.7 Å². The second kappa shape index (κ2) is 4.65. The molecule has 0 aliphatic rings. The van der Waals surface area contributed by atoms with Crippen LogP contribution in [0.1, 0.15) is 16.2 Å². The van der Waals surface area contributed by atoms with E-state index in [1.807, 2.05) is 4.98 Å². The third kappa shape index (κ3) is 2.34. The van der Waals surface area contributed by atoms with E-state index in [2.05, 4.69) is 14.7 Å². The second-order valence-electron chi connectivity index (χ2n) is 3.40. The highest BCUT2D eigenvalue weighted by atomic mass is 16.5. The fourth-order valence-electron chi connectivity index (χ4n) is 1.35. The lowest BCUT2D eigenvalue weighted by atomic mass is 10.3. The van der Waals surface area contributed by atoms with Gasteiger partial charge >= 0.3 is 11.7 Å². The number of H-pyrrole nitrogens is 1. The number of hydrogen-bond donors (Lipinski definition) is 2. The summed E-state index contributed by atoms with van der Waals surface area (Å²) in [6, 6.07) is 0. The van der Waals surface area contributed by atoms with Gasteiger partial charge in [-0.15, -0.1) is 0 Å². The van der Waals surface area contributed by atoms with Crippen molar-refractivity contribution in [1.82, 2.24) is 19.7 Å². The molecule has 0 aliphatic heterocycles. The van der Waals surface area contributed by atoms with Crippen LogP contribution in [0.3, 0.4) is 0 Å². The summed E-state index contributed by atoms with van der Waals surface area (Å²) < 4.78 is 5.58. The first-order valence-electron chi connectivity index (χ1n) is 4.90. The molecule has 2 N–H and O–H groups in total. The smallest absolute Gasteiger partial charge is 0.342 e. The minimum absolute atomic E-state index is 0.134. The van der Waals surface area contributed by atoms with Crippen molar-refractivity contribution in [2.24, 2.45) is 0 Å². The summed E-state index contributed by atoms with van der Waals surface area (Å²) in [6.45, 7) is 0.134. The van der Waals surface area contributed by atoms with Crippen molar-refractivity contribution in [3.05, 3.63) is 44.8 Å². The van der Waals surface area contributed by atoms with E-state index >= 15 is 0 Å². The van der Waals surface area contributed by atoms with Crippen LogP contribution in [0, 0.1) is 0 Å². The maximum absolute atomic E-state index is 11.4. The largest absolute Gasteiger partial charge is 0.477 e. The monoisotopic (exact) mass is 252 g/mol. The maximum atomic E-state index is 11.4. The van der Waals surface area contributed by atoms with Crippen LogP contribution in [0.2, 0.25) is 0 Å². The van der Waals surface area contributed by atoms with E-state index < -0.39 is 22.8 Å². The van der Waals surface area contributed by atoms with Crippen LogP contribution in [-0.4, -0.2) is 30.8 Å². The number of nitrogens with zero attached hydrogens (tertiary/aromatic N) is 3. The molecule has 18 heavy (non-hydrogen) atoms. The summed E-state index contributed by atoms with van der Waals surface area (Å²) in [5.74, 6) is -1.02. The Morgan fingerprint density at radius 3 is 2.89 bits per heavy atom. The predicted octanol–water partition coefficient (Wildman–Crippen LogP) is -1.14. The van der Waals surface area contributed by atoms with Crippen LogP contribution in [0.15, 0.2) is 26.7 Å². The molecular formula is C9H8N4O5. The molecule has 2 rings (SSSR count). The van der Waals surface area contributed by atoms with Crippen molar-refractivity contribution in [3.8, 4) is 0 Å². The zero-order chi connectivity index (χ0) is 13.1. The van der Waals surface area contributed by atoms with Gasteiger partial charge in [0.05, 0.1) is 0 Å². The first-order valence-corrected chi connectivity index (χ1v) is 4.90. The van der Waals surface area contributed by atoms with Gasteiger partial charge in [-0.25, -0.2) is 9.59 Å². The summed E-state index contributed by atoms with van der Waals surface area (Å²) in [5, 5.41) is 12.3. The Balaban J connectivity index is 2.28. The number of carboxylic acid groups (broad SMARTS) is 1. The minimum atomic E-state index is -1.40. The minimum Gasteiger partial charge on any atom is -0.477 e. The van der Waals surface area contributed by atoms with Gasteiger partial charge in [-0.2, -0.15) is 4.98 Å². The van der Waals surface area contributed by atoms with Crippen molar-refractivity contribution in [1.29, 1.82) is 0 Å². The zero-order valence-corrected chi connectivity index (χ0v) is 8.99. The van der Waals surface area contributed by atoms with E-state index in [1.165, 1.54) is 0 Å². The number of carboxylic acids is 1. The van der Waals surface area contributed by atoms with Crippen LogP contribution in [-0.2, 0) is 13.0 Å². The molecule has 0 fully saturated rings. The lowest BCUT2D eigenvalue weighted by molar-refractivity contribution is 0.0693. The van der Waals surface area contributed by atoms with Gasteiger partial charge in [-0.05, 0) is 0 Å². The van der Waals surface area contributed by atoms with Gasteiger partial charge in [0, 0.05) is 19.2 Å². The third-order valence-electron chi connectivity index (χ3n) is 2.22. The number of rotatable bonds is 4. The Bertz CT molecular complexity index is 669. The number of aryl methyl sites for hydroxylation is 2. The fourth-order valence-corrected chi connectivity index (χ4v) is 1.35. The fraction of sp³-hybridized carbons (Fsp3) is 0.222. The molecule has 94 valence electrons. The van der Waals surface area contributed by atoms with Gasteiger partial charge in [0.2, 0.25) is 6.39 Å². The summed E-state index contributed by atoms with van der Waals surface area (Å²) in [5.41, 5.74) is -2.11. The molecule has 0 radical (unpaired) electrons. The lowest BCUT2D eigenvalue weighted by Gasteiger charge is -2.03. The van der Waals surface area contributed by atoms with Gasteiger partial charge in [-0.3, -0.25) is 14.3 Å². The van der Waals surface area contributed by atoms with E-state index in [0.29, 0.717) is 5.82 Å². The molecule has 9 nitrogen and oxygen atoms in total. The molecule has 2 aromatic heterocycles. The van der Waals surface area contributed by atoms with Crippen molar-refractivity contribution in [2.75, 3.05) is 0 Å². The van der Waals surface area contributed by atoms with Crippen LogP contribution in [0.25, 0.3) is 0 Å². The molecule has 0 bridgehead atoms. The molecular weight excluding hydrogens is 244 g/mol. The molecule has 0 amide bonds. The molecule has 2 heterocycles. The van der Waals surface area contributed by atoms with Crippen LogP contribution in [0.4, 0.5) is 0 Å². The van der Waals surface area contributed by atoms with Gasteiger partial charge in [0.1, 0.15) is 5.56 Å². The Morgan fingerprint density at radius 2 is 2.28 bits per heavy atom. The van der Waals surface area contributed by atoms with Crippen molar-refractivity contribution in [3.63, 3.8) is 0 Å². The number of aromatic nitrogens is 4. The van der Waals surface area contributed by atoms with E-state index in [0.717, 1.165) is 17.2 Å². The zero-order valence-electron chi connectivity index (χ0n) is 8.99. The van der Waals surface area contributed by atoms with Gasteiger partial charge < -0.3 is 9.63 Å². The summed E-state index contributed by atoms with van der Waals surface area (Å²) in [7, 11) is 0. The molecule has 0 aromatic carbocycles. The summed E-state index contributed by atoms with van der Waals surface area (Å²) >= 11 is 0. The molecule has 0 aliphatic carbocycles. The highest BCUT2D eigenvalue weighted by Crippen LogP contribution is 1.94. The number of hydrogen-bond acceptors (Lipinski definition) is 6. The average molecular weight is 252 g/mol. The Hall–Kier alpha value is -2.71. The quantitative estimate of drug-likeness (QED) is 0.702. The molecule has 0 saturated carbocycles. The van der Waals surface area contributed by atoms with Crippen molar-refractivity contribution >= 4 is 5.97 Å². The third-order valence-corrected chi connectivity index (χ3v) is 2.22. The number of carbonyl (C=O) groups is 1. The van der Waals surface area contributed by atoms with Gasteiger partial charge in [0.15, 0.2) is 5.82 Å². The van der Waals surface area contributed by atoms with E-state index in [-0.39, 0.29) is 13.0 Å². The normalized spacial score (nSPS) is 10.4. The molecule has 2 aromatic rings. The van der Waals surface area contributed by atoms with Crippen molar-refractivity contribution < 1.29 is 14.4 Å². The predicted molar refractivity (Wildman–Crippen MR) is 56.3 cm³/mol. The van der Waals surface area contributed by atoms with Crippen molar-refractivity contribution in [2.45, 2.75) is 13.0 Å². The molecule has 0 saturated heterocycles. The molecule has 0 unspecified atom stereocenters. The highest BCUT2D eigenvalue weighted by molar-refractivity contribution is 5.86. The highest BCUT2D eigenvalue weighted by Gasteiger charge is 2.11. The van der Waals surface area contributed by atoms with E-state index in [4.69, 9.17) is 5.11 Å². The van der Waals surface area contributed by atoms with Gasteiger partial charge in [-0.1, -0.05) is 5.16 Å². The maximum Gasteiger partial charge on any atom is 0.342 e. The number of aromatic carboxylic acids is 1. The van der Waals surface area contributed by atoms with E-state index in [9.17, 15) is 14.4 Å². The van der Waals surface area contributed by atoms with Crippen LogP contribution < -0.4 is 11.2 Å². The first kappa shape index (κ1) is 11.8. The summed E-state index contributed by atoms with van der Waals surface area (Å²) in [6.07, 6.45) is 2.42. The second-order valence-corrected chi connectivity index (χ2v) is 3.40. The SMILES string of the molecule is O=C(O)c1cn(CCc2ncon2)c(=O)[nH]c1=O. The standard InChI is InChI=1S/C9H8N4O5/c14-7-5(8(15)16)3-13(9(17)11-7)2-1-6-10-4-18-12-6/h3-4H,1-2H2,(H,15,16)(H,11,14,17). The molecule has 0 spiro atoms. The Morgan fingerprint density at radius 1 is 1.50 bits per heavy atom. The van der Waals surface area contributed by atoms with Crippen LogP contribution in [0.5, 0.6) is 0 Å². The van der Waals surface area contributed by atoms with Crippen LogP contribution >= 0.6 is 0 Å². The van der Waals surface area contributed by atoms with Gasteiger partial charge in [0.25, 0.3) is 5.56 Å². The first-order chi connectivity index (χ1) is 8.58. The number of nitrogens with one attached hydrogen (secondary N) is 1. The average Bonchev–Trinajstić information content (AvgIpc) is 2.80. The molecule has 0 atom stereocenters. The number of aromatic amines is 1. The molecule has 9 heteroatoms. The Kier molecular flexibility index (Phi) is 3.04. The summed E-state index contributed by atoms with van der Waals surface area (Å²) in [4.78, 5) is 39.0. The lowest BCUT2D eigenvalue weighted by Crippen LogP contribution is -2.33.